The van der Waals surface area contributed by atoms with Crippen molar-refractivity contribution >= 4 is 23.9 Å². The lowest BCUT2D eigenvalue weighted by Crippen LogP contribution is -2.48. The third-order valence-corrected chi connectivity index (χ3v) is 2.66. The Morgan fingerprint density at radius 3 is 1.70 bits per heavy atom. The Hall–Kier alpha value is -3.10. The van der Waals surface area contributed by atoms with Gasteiger partial charge in [-0.1, -0.05) is 0 Å². The van der Waals surface area contributed by atoms with Gasteiger partial charge in [-0.15, -0.1) is 0 Å². The van der Waals surface area contributed by atoms with Gasteiger partial charge in [0.15, 0.2) is 0 Å². The number of esters is 1. The molecule has 0 fully saturated rings. The molecular weight excluding hydrogens is 312 g/mol. The van der Waals surface area contributed by atoms with E-state index in [4.69, 9.17) is 19.7 Å². The Balaban J connectivity index is 3.08. The van der Waals surface area contributed by atoms with Gasteiger partial charge in [-0.2, -0.15) is 0 Å². The van der Waals surface area contributed by atoms with E-state index in [1.54, 1.807) is 0 Å². The largest absolute Gasteiger partial charge is 0.481 e. The van der Waals surface area contributed by atoms with Crippen LogP contribution >= 0.6 is 0 Å². The van der Waals surface area contributed by atoms with E-state index in [0.29, 0.717) is 0 Å². The van der Waals surface area contributed by atoms with Crippen LogP contribution in [0.15, 0.2) is 24.3 Å². The summed E-state index contributed by atoms with van der Waals surface area (Å²) in [6, 6.07) is 5.06. The molecule has 0 saturated heterocycles. The van der Waals surface area contributed by atoms with E-state index in [9.17, 15) is 24.3 Å². The molecule has 1 aromatic carbocycles. The Bertz CT molecular complexity index is 602. The van der Waals surface area contributed by atoms with Crippen molar-refractivity contribution < 1.29 is 44.0 Å². The predicted molar refractivity (Wildman–Crippen MR) is 73.3 cm³/mol. The van der Waals surface area contributed by atoms with E-state index in [0.717, 1.165) is 0 Å². The molecule has 0 heterocycles. The van der Waals surface area contributed by atoms with Crippen molar-refractivity contribution in [1.82, 2.24) is 0 Å². The normalized spacial score (nSPS) is 10.7. The lowest BCUT2D eigenvalue weighted by atomic mass is 9.95. The van der Waals surface area contributed by atoms with E-state index in [1.165, 1.54) is 31.2 Å². The van der Waals surface area contributed by atoms with Crippen LogP contribution in [0.3, 0.4) is 0 Å². The molecular formula is C14H14O9. The molecule has 1 rings (SSSR count). The first kappa shape index (κ1) is 18.0. The summed E-state index contributed by atoms with van der Waals surface area (Å²) in [5.41, 5.74) is -2.46. The second kappa shape index (κ2) is 7.25. The molecule has 0 atom stereocenters. The van der Waals surface area contributed by atoms with Crippen molar-refractivity contribution in [3.63, 3.8) is 0 Å². The van der Waals surface area contributed by atoms with Gasteiger partial charge in [0.1, 0.15) is 11.5 Å². The highest BCUT2D eigenvalue weighted by Gasteiger charge is 2.45. The number of rotatable bonds is 8. The lowest BCUT2D eigenvalue weighted by molar-refractivity contribution is -0.167. The first-order chi connectivity index (χ1) is 10.6. The first-order valence-corrected chi connectivity index (χ1v) is 6.29. The molecule has 9 heteroatoms. The quantitative estimate of drug-likeness (QED) is 0.465. The molecule has 0 aromatic heterocycles. The van der Waals surface area contributed by atoms with Crippen molar-refractivity contribution in [2.24, 2.45) is 0 Å². The Morgan fingerprint density at radius 2 is 1.35 bits per heavy atom. The summed E-state index contributed by atoms with van der Waals surface area (Å²) >= 11 is 0. The van der Waals surface area contributed by atoms with Crippen LogP contribution in [0.4, 0.5) is 0 Å². The zero-order valence-corrected chi connectivity index (χ0v) is 12.0. The third kappa shape index (κ3) is 5.30. The van der Waals surface area contributed by atoms with Gasteiger partial charge < -0.3 is 24.8 Å². The molecule has 1 aromatic rings. The molecule has 0 bridgehead atoms. The molecule has 0 saturated carbocycles. The molecule has 0 aliphatic rings. The van der Waals surface area contributed by atoms with Gasteiger partial charge in [-0.05, 0) is 24.3 Å². The summed E-state index contributed by atoms with van der Waals surface area (Å²) in [6.07, 6.45) is -2.08. The Kier molecular flexibility index (Phi) is 5.66. The number of carboxylic acid groups (broad SMARTS) is 3. The fourth-order valence-corrected chi connectivity index (χ4v) is 1.79. The molecule has 0 unspecified atom stereocenters. The molecule has 23 heavy (non-hydrogen) atoms. The summed E-state index contributed by atoms with van der Waals surface area (Å²) in [7, 11) is 0. The monoisotopic (exact) mass is 326 g/mol. The minimum atomic E-state index is -2.46. The first-order valence-electron chi connectivity index (χ1n) is 6.29. The zero-order chi connectivity index (χ0) is 17.6. The van der Waals surface area contributed by atoms with Gasteiger partial charge in [0.05, 0.1) is 12.8 Å². The highest BCUT2D eigenvalue weighted by atomic mass is 16.5. The Morgan fingerprint density at radius 1 is 0.913 bits per heavy atom. The summed E-state index contributed by atoms with van der Waals surface area (Å²) < 4.78 is 9.92. The molecule has 9 nitrogen and oxygen atoms in total. The number of hydrogen-bond acceptors (Lipinski definition) is 6. The smallest absolute Gasteiger partial charge is 0.349 e. The maximum Gasteiger partial charge on any atom is 0.349 e. The summed E-state index contributed by atoms with van der Waals surface area (Å²) in [4.78, 5) is 43.9. The fraction of sp³-hybridized carbons (Fsp3) is 0.286. The molecule has 124 valence electrons. The maximum absolute atomic E-state index is 11.4. The Labute approximate surface area is 130 Å². The van der Waals surface area contributed by atoms with Gasteiger partial charge in [-0.3, -0.25) is 14.4 Å². The predicted octanol–water partition coefficient (Wildman–Crippen LogP) is 0.763. The lowest BCUT2D eigenvalue weighted by Gasteiger charge is -2.27. The summed E-state index contributed by atoms with van der Waals surface area (Å²) in [5, 5.41) is 26.9. The maximum atomic E-state index is 11.4. The highest BCUT2D eigenvalue weighted by molar-refractivity contribution is 5.88. The minimum absolute atomic E-state index is 0.0780. The van der Waals surface area contributed by atoms with E-state index >= 15 is 0 Å². The molecule has 3 N–H and O–H groups in total. The number of ether oxygens (including phenoxy) is 2. The van der Waals surface area contributed by atoms with E-state index < -0.39 is 42.3 Å². The summed E-state index contributed by atoms with van der Waals surface area (Å²) in [5.74, 6) is -5.23. The molecule has 0 radical (unpaired) electrons. The van der Waals surface area contributed by atoms with Gasteiger partial charge in [0.2, 0.25) is 5.60 Å². The van der Waals surface area contributed by atoms with Crippen molar-refractivity contribution in [2.75, 3.05) is 0 Å². The second-order valence-corrected chi connectivity index (χ2v) is 4.61. The van der Waals surface area contributed by atoms with Gasteiger partial charge in [0.25, 0.3) is 0 Å². The highest BCUT2D eigenvalue weighted by Crippen LogP contribution is 2.27. The average Bonchev–Trinajstić information content (AvgIpc) is 2.38. The topological polar surface area (TPSA) is 147 Å². The minimum Gasteiger partial charge on any atom is -0.481 e. The molecule has 0 spiro atoms. The SMILES string of the molecule is CC(=O)Oc1ccc(OC(CC(=O)O)(CC(=O)O)C(=O)O)cc1. The number of carbonyl (C=O) groups excluding carboxylic acids is 1. The number of aliphatic carboxylic acids is 3. The van der Waals surface area contributed by atoms with E-state index in [1.807, 2.05) is 0 Å². The van der Waals surface area contributed by atoms with Crippen molar-refractivity contribution in [3.8, 4) is 11.5 Å². The van der Waals surface area contributed by atoms with E-state index in [-0.39, 0.29) is 11.5 Å². The van der Waals surface area contributed by atoms with Crippen LogP contribution in [0, 0.1) is 0 Å². The average molecular weight is 326 g/mol. The molecule has 0 amide bonds. The number of carboxylic acids is 3. The fourth-order valence-electron chi connectivity index (χ4n) is 1.79. The molecule has 0 aliphatic carbocycles. The van der Waals surface area contributed by atoms with Crippen LogP contribution < -0.4 is 9.47 Å². The van der Waals surface area contributed by atoms with Crippen LogP contribution in [0.25, 0.3) is 0 Å². The second-order valence-electron chi connectivity index (χ2n) is 4.61. The van der Waals surface area contributed by atoms with Crippen molar-refractivity contribution in [2.45, 2.75) is 25.4 Å². The molecule has 0 aliphatic heterocycles. The zero-order valence-electron chi connectivity index (χ0n) is 12.0. The van der Waals surface area contributed by atoms with E-state index in [2.05, 4.69) is 0 Å². The van der Waals surface area contributed by atoms with Crippen molar-refractivity contribution in [1.29, 1.82) is 0 Å². The third-order valence-electron chi connectivity index (χ3n) is 2.66. The van der Waals surface area contributed by atoms with Crippen LogP contribution in [0.1, 0.15) is 19.8 Å². The van der Waals surface area contributed by atoms with Crippen LogP contribution in [-0.2, 0) is 19.2 Å². The van der Waals surface area contributed by atoms with Gasteiger partial charge in [-0.25, -0.2) is 4.79 Å². The van der Waals surface area contributed by atoms with Crippen LogP contribution in [-0.4, -0.2) is 44.8 Å². The van der Waals surface area contributed by atoms with Crippen molar-refractivity contribution in [3.05, 3.63) is 24.3 Å². The summed E-state index contributed by atoms with van der Waals surface area (Å²) in [6.45, 7) is 1.19. The number of hydrogen-bond donors (Lipinski definition) is 3. The number of benzene rings is 1. The standard InChI is InChI=1S/C14H14O9/c1-8(15)22-9-2-4-10(5-3-9)23-14(13(20)21,6-11(16)17)7-12(18)19/h2-5H,6-7H2,1H3,(H,16,17)(H,18,19)(H,20,21). The van der Waals surface area contributed by atoms with Gasteiger partial charge >= 0.3 is 23.9 Å². The van der Waals surface area contributed by atoms with Crippen LogP contribution in [0.5, 0.6) is 11.5 Å². The number of carbonyl (C=O) groups is 4. The van der Waals surface area contributed by atoms with Crippen LogP contribution in [0.2, 0.25) is 0 Å². The van der Waals surface area contributed by atoms with Gasteiger partial charge in [0, 0.05) is 6.92 Å².